The van der Waals surface area contributed by atoms with Gasteiger partial charge in [0.15, 0.2) is 5.96 Å². The van der Waals surface area contributed by atoms with E-state index in [9.17, 15) is 9.59 Å². The summed E-state index contributed by atoms with van der Waals surface area (Å²) in [6.07, 6.45) is 2.64. The number of rotatable bonds is 6. The first-order chi connectivity index (χ1) is 12.0. The zero-order valence-electron chi connectivity index (χ0n) is 15.4. The maximum atomic E-state index is 11.8. The SMILES string of the molecule is CCc1ccc(CN(C)C(=NC)NCCN2C(=O)CCCC2=O)cc1. The molecule has 1 fully saturated rings. The van der Waals surface area contributed by atoms with E-state index in [1.165, 1.54) is 16.0 Å². The first kappa shape index (κ1) is 19.0. The molecule has 0 spiro atoms. The molecular weight excluding hydrogens is 316 g/mol. The first-order valence-corrected chi connectivity index (χ1v) is 8.88. The standard InChI is InChI=1S/C19H28N4O2/c1-4-15-8-10-16(11-9-15)14-22(3)19(20-2)21-12-13-23-17(24)6-5-7-18(23)25/h8-11H,4-7,12-14H2,1-3H3,(H,20,21). The number of piperidine rings is 1. The van der Waals surface area contributed by atoms with Gasteiger partial charge in [-0.1, -0.05) is 31.2 Å². The lowest BCUT2D eigenvalue weighted by atomic mass is 10.1. The Labute approximate surface area is 149 Å². The minimum Gasteiger partial charge on any atom is -0.354 e. The van der Waals surface area contributed by atoms with Crippen LogP contribution in [0.5, 0.6) is 0 Å². The molecule has 6 nitrogen and oxygen atoms in total. The van der Waals surface area contributed by atoms with Gasteiger partial charge in [0.2, 0.25) is 11.8 Å². The number of carbonyl (C=O) groups excluding carboxylic acids is 2. The van der Waals surface area contributed by atoms with Crippen LogP contribution in [-0.4, -0.2) is 54.8 Å². The van der Waals surface area contributed by atoms with Gasteiger partial charge in [-0.15, -0.1) is 0 Å². The number of guanidine groups is 1. The molecule has 6 heteroatoms. The molecule has 1 aromatic rings. The van der Waals surface area contributed by atoms with Crippen molar-refractivity contribution in [3.63, 3.8) is 0 Å². The number of nitrogens with one attached hydrogen (secondary N) is 1. The maximum Gasteiger partial charge on any atom is 0.229 e. The number of carbonyl (C=O) groups is 2. The summed E-state index contributed by atoms with van der Waals surface area (Å²) >= 11 is 0. The van der Waals surface area contributed by atoms with E-state index in [2.05, 4.69) is 41.5 Å². The van der Waals surface area contributed by atoms with E-state index in [-0.39, 0.29) is 11.8 Å². The smallest absolute Gasteiger partial charge is 0.229 e. The van der Waals surface area contributed by atoms with E-state index in [1.807, 2.05) is 11.9 Å². The highest BCUT2D eigenvalue weighted by Crippen LogP contribution is 2.11. The Hall–Kier alpha value is -2.37. The van der Waals surface area contributed by atoms with Crippen LogP contribution in [0.1, 0.15) is 37.3 Å². The third kappa shape index (κ3) is 5.31. The molecule has 1 aromatic carbocycles. The van der Waals surface area contributed by atoms with Crippen molar-refractivity contribution in [3.05, 3.63) is 35.4 Å². The van der Waals surface area contributed by atoms with Crippen molar-refractivity contribution in [1.29, 1.82) is 0 Å². The molecule has 0 radical (unpaired) electrons. The lowest BCUT2D eigenvalue weighted by Gasteiger charge is -2.26. The second kappa shape index (κ2) is 9.20. The highest BCUT2D eigenvalue weighted by molar-refractivity contribution is 5.97. The van der Waals surface area contributed by atoms with Crippen molar-refractivity contribution in [2.24, 2.45) is 4.99 Å². The van der Waals surface area contributed by atoms with Crippen LogP contribution < -0.4 is 5.32 Å². The minimum absolute atomic E-state index is 0.0718. The highest BCUT2D eigenvalue weighted by atomic mass is 16.2. The molecule has 0 bridgehead atoms. The zero-order chi connectivity index (χ0) is 18.2. The van der Waals surface area contributed by atoms with E-state index in [0.29, 0.717) is 32.4 Å². The number of amides is 2. The van der Waals surface area contributed by atoms with Gasteiger partial charge in [0.05, 0.1) is 0 Å². The van der Waals surface area contributed by atoms with Crippen molar-refractivity contribution in [2.45, 2.75) is 39.2 Å². The van der Waals surface area contributed by atoms with Gasteiger partial charge in [-0.25, -0.2) is 0 Å². The van der Waals surface area contributed by atoms with Crippen LogP contribution >= 0.6 is 0 Å². The van der Waals surface area contributed by atoms with E-state index in [1.54, 1.807) is 7.05 Å². The largest absolute Gasteiger partial charge is 0.354 e. The molecule has 0 saturated carbocycles. The molecular formula is C19H28N4O2. The molecule has 1 N–H and O–H groups in total. The van der Waals surface area contributed by atoms with Crippen LogP contribution in [0.15, 0.2) is 29.3 Å². The molecule has 2 rings (SSSR count). The number of nitrogens with zero attached hydrogens (tertiary/aromatic N) is 3. The van der Waals surface area contributed by atoms with Gasteiger partial charge in [-0.05, 0) is 24.0 Å². The Morgan fingerprint density at radius 3 is 2.32 bits per heavy atom. The fraction of sp³-hybridized carbons (Fsp3) is 0.526. The molecule has 0 aromatic heterocycles. The number of aliphatic imine (C=N–C) groups is 1. The van der Waals surface area contributed by atoms with Crippen LogP contribution in [-0.2, 0) is 22.6 Å². The van der Waals surface area contributed by atoms with Gasteiger partial charge in [0.25, 0.3) is 0 Å². The van der Waals surface area contributed by atoms with Gasteiger partial charge >= 0.3 is 0 Å². The number of aryl methyl sites for hydroxylation is 1. The third-order valence-corrected chi connectivity index (χ3v) is 4.43. The van der Waals surface area contributed by atoms with Crippen molar-refractivity contribution < 1.29 is 9.59 Å². The predicted octanol–water partition coefficient (Wildman–Crippen LogP) is 1.80. The Balaban J connectivity index is 1.84. The number of hydrogen-bond donors (Lipinski definition) is 1. The maximum absolute atomic E-state index is 11.8. The van der Waals surface area contributed by atoms with Crippen molar-refractivity contribution in [3.8, 4) is 0 Å². The third-order valence-electron chi connectivity index (χ3n) is 4.43. The lowest BCUT2D eigenvalue weighted by molar-refractivity contribution is -0.147. The van der Waals surface area contributed by atoms with Gasteiger partial charge in [0, 0.05) is 46.6 Å². The molecule has 136 valence electrons. The molecule has 1 aliphatic heterocycles. The number of benzene rings is 1. The van der Waals surface area contributed by atoms with E-state index < -0.39 is 0 Å². The van der Waals surface area contributed by atoms with Crippen LogP contribution in [0.4, 0.5) is 0 Å². The average Bonchev–Trinajstić information content (AvgIpc) is 2.61. The zero-order valence-corrected chi connectivity index (χ0v) is 15.4. The Kier molecular flexibility index (Phi) is 6.98. The fourth-order valence-corrected chi connectivity index (χ4v) is 2.94. The van der Waals surface area contributed by atoms with Crippen LogP contribution in [0.2, 0.25) is 0 Å². The minimum atomic E-state index is -0.0718. The number of hydrogen-bond acceptors (Lipinski definition) is 3. The molecule has 0 aliphatic carbocycles. The van der Waals surface area contributed by atoms with Gasteiger partial charge in [-0.3, -0.25) is 19.5 Å². The fourth-order valence-electron chi connectivity index (χ4n) is 2.94. The topological polar surface area (TPSA) is 65.0 Å². The average molecular weight is 344 g/mol. The summed E-state index contributed by atoms with van der Waals surface area (Å²) in [7, 11) is 3.70. The number of imide groups is 1. The Morgan fingerprint density at radius 2 is 1.76 bits per heavy atom. The Morgan fingerprint density at radius 1 is 1.16 bits per heavy atom. The van der Waals surface area contributed by atoms with Crippen LogP contribution in [0, 0.1) is 0 Å². The van der Waals surface area contributed by atoms with Gasteiger partial charge in [0.1, 0.15) is 0 Å². The second-order valence-electron chi connectivity index (χ2n) is 6.29. The van der Waals surface area contributed by atoms with E-state index in [0.717, 1.165) is 18.9 Å². The summed E-state index contributed by atoms with van der Waals surface area (Å²) in [5.74, 6) is 0.603. The summed E-state index contributed by atoms with van der Waals surface area (Å²) in [6, 6.07) is 8.56. The summed E-state index contributed by atoms with van der Waals surface area (Å²) in [5.41, 5.74) is 2.54. The molecule has 1 aliphatic rings. The van der Waals surface area contributed by atoms with Crippen LogP contribution in [0.25, 0.3) is 0 Å². The molecule has 0 atom stereocenters. The van der Waals surface area contributed by atoms with Crippen LogP contribution in [0.3, 0.4) is 0 Å². The molecule has 1 saturated heterocycles. The Bertz CT molecular complexity index is 609. The predicted molar refractivity (Wildman–Crippen MR) is 99.2 cm³/mol. The summed E-state index contributed by atoms with van der Waals surface area (Å²) in [5, 5.41) is 3.23. The summed E-state index contributed by atoms with van der Waals surface area (Å²) in [6.45, 7) is 3.77. The molecule has 25 heavy (non-hydrogen) atoms. The normalized spacial score (nSPS) is 15.5. The second-order valence-corrected chi connectivity index (χ2v) is 6.29. The summed E-state index contributed by atoms with van der Waals surface area (Å²) in [4.78, 5) is 31.3. The molecule has 1 heterocycles. The van der Waals surface area contributed by atoms with Crippen molar-refractivity contribution in [2.75, 3.05) is 27.2 Å². The van der Waals surface area contributed by atoms with E-state index in [4.69, 9.17) is 0 Å². The number of likely N-dealkylation sites (tertiary alicyclic amines) is 1. The molecule has 2 amide bonds. The van der Waals surface area contributed by atoms with E-state index >= 15 is 0 Å². The quantitative estimate of drug-likeness (QED) is 0.485. The van der Waals surface area contributed by atoms with Gasteiger partial charge in [-0.2, -0.15) is 0 Å². The monoisotopic (exact) mass is 344 g/mol. The van der Waals surface area contributed by atoms with Crippen molar-refractivity contribution in [1.82, 2.24) is 15.1 Å². The highest BCUT2D eigenvalue weighted by Gasteiger charge is 2.25. The van der Waals surface area contributed by atoms with Crippen molar-refractivity contribution >= 4 is 17.8 Å². The lowest BCUT2D eigenvalue weighted by Crippen LogP contribution is -2.46. The summed E-state index contributed by atoms with van der Waals surface area (Å²) < 4.78 is 0. The first-order valence-electron chi connectivity index (χ1n) is 8.88. The molecule has 0 unspecified atom stereocenters. The van der Waals surface area contributed by atoms with Gasteiger partial charge < -0.3 is 10.2 Å².